The summed E-state index contributed by atoms with van der Waals surface area (Å²) in [5.74, 6) is -1.60. The Kier molecular flexibility index (Phi) is 5.33. The molecular weight excluding hydrogens is 395 g/mol. The summed E-state index contributed by atoms with van der Waals surface area (Å²) in [5.41, 5.74) is -3.43. The van der Waals surface area contributed by atoms with Gasteiger partial charge < -0.3 is 14.7 Å². The number of nitrogens with zero attached hydrogens (tertiary/aromatic N) is 1. The fraction of sp³-hybridized carbons (Fsp3) is 0.368. The van der Waals surface area contributed by atoms with Gasteiger partial charge in [-0.3, -0.25) is 4.79 Å². The zero-order valence-electron chi connectivity index (χ0n) is 15.2. The second-order valence-electron chi connectivity index (χ2n) is 6.36. The molecule has 5 nitrogen and oxygen atoms in total. The molecule has 0 amide bonds. The molecule has 1 aromatic carbocycles. The molecule has 150 valence electrons. The number of hydrogen-bond acceptors (Lipinski definition) is 6. The Balaban J connectivity index is 2.17. The van der Waals surface area contributed by atoms with Gasteiger partial charge in [-0.05, 0) is 19.9 Å². The number of Topliss-reactive ketones (excluding diaryl/α,β-unsaturated/α-hetero) is 1. The summed E-state index contributed by atoms with van der Waals surface area (Å²) in [7, 11) is 0. The number of alkyl halides is 3. The standard InChI is InChI=1S/C19H18F3NO4S/c1-3-27-17(25)14-10-13(15(24)12-6-4-11(2)5-7-12)16-23(8-9-28-16)18(14,26)19(20,21)22/h4-7,10,26H,3,8-9H2,1-2H3. The molecule has 0 spiro atoms. The number of rotatable bonds is 4. The van der Waals surface area contributed by atoms with Crippen LogP contribution in [-0.4, -0.2) is 52.6 Å². The number of thioether (sulfide) groups is 1. The molecular formula is C19H18F3NO4S. The number of esters is 1. The van der Waals surface area contributed by atoms with Gasteiger partial charge in [0.25, 0.3) is 5.72 Å². The smallest absolute Gasteiger partial charge is 0.441 e. The summed E-state index contributed by atoms with van der Waals surface area (Å²) >= 11 is 1.03. The molecule has 1 N–H and O–H groups in total. The van der Waals surface area contributed by atoms with E-state index >= 15 is 0 Å². The Morgan fingerprint density at radius 2 is 1.93 bits per heavy atom. The minimum absolute atomic E-state index is 0.00144. The van der Waals surface area contributed by atoms with Gasteiger partial charge >= 0.3 is 12.1 Å². The SMILES string of the molecule is CCOC(=O)C1=CC(C(=O)c2ccc(C)cc2)=C2SCCN2C1(O)C(F)(F)F. The lowest BCUT2D eigenvalue weighted by atomic mass is 9.91. The Morgan fingerprint density at radius 1 is 1.29 bits per heavy atom. The second-order valence-corrected chi connectivity index (χ2v) is 7.45. The highest BCUT2D eigenvalue weighted by Gasteiger charge is 2.65. The van der Waals surface area contributed by atoms with Gasteiger partial charge in [-0.25, -0.2) is 4.79 Å². The van der Waals surface area contributed by atoms with Crippen molar-refractivity contribution in [3.63, 3.8) is 0 Å². The van der Waals surface area contributed by atoms with E-state index in [1.165, 1.54) is 6.92 Å². The summed E-state index contributed by atoms with van der Waals surface area (Å²) in [6.07, 6.45) is -4.35. The van der Waals surface area contributed by atoms with Gasteiger partial charge in [0.05, 0.1) is 22.8 Å². The number of ketones is 1. The maximum absolute atomic E-state index is 13.9. The number of aryl methyl sites for hydroxylation is 1. The van der Waals surface area contributed by atoms with Crippen LogP contribution in [-0.2, 0) is 9.53 Å². The lowest BCUT2D eigenvalue weighted by Gasteiger charge is -2.43. The number of ether oxygens (including phenoxy) is 1. The van der Waals surface area contributed by atoms with Crippen LogP contribution in [0, 0.1) is 6.92 Å². The van der Waals surface area contributed by atoms with Crippen LogP contribution < -0.4 is 0 Å². The van der Waals surface area contributed by atoms with E-state index in [4.69, 9.17) is 4.74 Å². The van der Waals surface area contributed by atoms with Gasteiger partial charge in [-0.1, -0.05) is 29.8 Å². The van der Waals surface area contributed by atoms with Crippen molar-refractivity contribution in [1.82, 2.24) is 4.90 Å². The number of halogens is 3. The van der Waals surface area contributed by atoms with Crippen LogP contribution in [0.3, 0.4) is 0 Å². The summed E-state index contributed by atoms with van der Waals surface area (Å²) in [4.78, 5) is 25.9. The van der Waals surface area contributed by atoms with Crippen LogP contribution in [0.4, 0.5) is 13.2 Å². The first-order chi connectivity index (χ1) is 13.1. The molecule has 1 unspecified atom stereocenters. The van der Waals surface area contributed by atoms with Crippen molar-refractivity contribution in [2.24, 2.45) is 0 Å². The van der Waals surface area contributed by atoms with Crippen molar-refractivity contribution >= 4 is 23.5 Å². The maximum atomic E-state index is 13.9. The molecule has 1 fully saturated rings. The minimum Gasteiger partial charge on any atom is -0.462 e. The molecule has 2 aliphatic rings. The molecule has 0 radical (unpaired) electrons. The third kappa shape index (κ3) is 3.22. The van der Waals surface area contributed by atoms with Crippen molar-refractivity contribution in [3.8, 4) is 0 Å². The Bertz CT molecular complexity index is 876. The molecule has 0 aliphatic carbocycles. The molecule has 0 saturated carbocycles. The topological polar surface area (TPSA) is 66.8 Å². The first kappa shape index (κ1) is 20.5. The largest absolute Gasteiger partial charge is 0.462 e. The van der Waals surface area contributed by atoms with Gasteiger partial charge in [0.1, 0.15) is 0 Å². The van der Waals surface area contributed by atoms with Crippen molar-refractivity contribution < 1.29 is 32.6 Å². The predicted molar refractivity (Wildman–Crippen MR) is 97.4 cm³/mol. The average Bonchev–Trinajstić information content (AvgIpc) is 3.12. The van der Waals surface area contributed by atoms with Crippen molar-refractivity contribution in [2.45, 2.75) is 25.7 Å². The third-order valence-electron chi connectivity index (χ3n) is 4.53. The lowest BCUT2D eigenvalue weighted by Crippen LogP contribution is -2.61. The van der Waals surface area contributed by atoms with Crippen molar-refractivity contribution in [3.05, 3.63) is 57.6 Å². The Labute approximate surface area is 163 Å². The number of allylic oxidation sites excluding steroid dienone is 2. The number of benzene rings is 1. The molecule has 2 heterocycles. The van der Waals surface area contributed by atoms with E-state index in [2.05, 4.69) is 0 Å². The zero-order valence-corrected chi connectivity index (χ0v) is 16.0. The van der Waals surface area contributed by atoms with Crippen LogP contribution in [0.25, 0.3) is 0 Å². The molecule has 0 bridgehead atoms. The fourth-order valence-corrected chi connectivity index (χ4v) is 4.29. The van der Waals surface area contributed by atoms with E-state index in [1.807, 2.05) is 6.92 Å². The fourth-order valence-electron chi connectivity index (χ4n) is 3.14. The minimum atomic E-state index is -5.17. The van der Waals surface area contributed by atoms with Crippen molar-refractivity contribution in [1.29, 1.82) is 0 Å². The van der Waals surface area contributed by atoms with Gasteiger partial charge in [0.2, 0.25) is 0 Å². The molecule has 1 saturated heterocycles. The summed E-state index contributed by atoms with van der Waals surface area (Å²) in [6, 6.07) is 6.56. The normalized spacial score (nSPS) is 22.1. The van der Waals surface area contributed by atoms with E-state index in [9.17, 15) is 27.9 Å². The van der Waals surface area contributed by atoms with Crippen molar-refractivity contribution in [2.75, 3.05) is 18.9 Å². The summed E-state index contributed by atoms with van der Waals surface area (Å²) < 4.78 is 46.3. The highest BCUT2D eigenvalue weighted by molar-refractivity contribution is 8.03. The number of aliphatic hydroxyl groups is 1. The summed E-state index contributed by atoms with van der Waals surface area (Å²) in [6.45, 7) is 2.95. The molecule has 1 atom stereocenters. The molecule has 28 heavy (non-hydrogen) atoms. The quantitative estimate of drug-likeness (QED) is 0.604. The second kappa shape index (κ2) is 7.29. The maximum Gasteiger partial charge on any atom is 0.441 e. The van der Waals surface area contributed by atoms with E-state index in [0.717, 1.165) is 23.4 Å². The first-order valence-electron chi connectivity index (χ1n) is 8.55. The number of fused-ring (bicyclic) bond motifs is 1. The lowest BCUT2D eigenvalue weighted by molar-refractivity contribution is -0.289. The zero-order chi connectivity index (χ0) is 20.7. The average molecular weight is 413 g/mol. The van der Waals surface area contributed by atoms with Gasteiger partial charge in [0, 0.05) is 17.9 Å². The number of carbonyl (C=O) groups excluding carboxylic acids is 2. The monoisotopic (exact) mass is 413 g/mol. The molecule has 9 heteroatoms. The van der Waals surface area contributed by atoms with E-state index in [1.54, 1.807) is 24.3 Å². The van der Waals surface area contributed by atoms with Gasteiger partial charge in [0.15, 0.2) is 5.78 Å². The number of carbonyl (C=O) groups is 2. The summed E-state index contributed by atoms with van der Waals surface area (Å²) in [5, 5.41) is 10.6. The number of hydrogen-bond donors (Lipinski definition) is 1. The van der Waals surface area contributed by atoms with Crippen LogP contribution in [0.15, 0.2) is 46.5 Å². The van der Waals surface area contributed by atoms with Gasteiger partial charge in [-0.15, -0.1) is 11.8 Å². The van der Waals surface area contributed by atoms with Crippen LogP contribution in [0.1, 0.15) is 22.8 Å². The van der Waals surface area contributed by atoms with Crippen LogP contribution >= 0.6 is 11.8 Å². The highest BCUT2D eigenvalue weighted by Crippen LogP contribution is 2.50. The van der Waals surface area contributed by atoms with E-state index < -0.39 is 29.2 Å². The molecule has 0 aromatic heterocycles. The Morgan fingerprint density at radius 3 is 2.50 bits per heavy atom. The Hall–Kier alpha value is -2.26. The van der Waals surface area contributed by atoms with Crippen LogP contribution in [0.5, 0.6) is 0 Å². The predicted octanol–water partition coefficient (Wildman–Crippen LogP) is 3.19. The van der Waals surface area contributed by atoms with Gasteiger partial charge in [-0.2, -0.15) is 13.2 Å². The third-order valence-corrected chi connectivity index (χ3v) is 5.63. The highest BCUT2D eigenvalue weighted by atomic mass is 32.2. The first-order valence-corrected chi connectivity index (χ1v) is 9.54. The van der Waals surface area contributed by atoms with Crippen LogP contribution in [0.2, 0.25) is 0 Å². The van der Waals surface area contributed by atoms with E-state index in [-0.39, 0.29) is 35.1 Å². The van der Waals surface area contributed by atoms with E-state index in [0.29, 0.717) is 4.90 Å². The molecule has 1 aromatic rings. The molecule has 3 rings (SSSR count). The molecule has 2 aliphatic heterocycles.